The lowest BCUT2D eigenvalue weighted by atomic mass is 10.0. The van der Waals surface area contributed by atoms with Crippen molar-refractivity contribution in [2.45, 2.75) is 44.7 Å². The highest BCUT2D eigenvalue weighted by atomic mass is 16.2. The molecule has 1 aromatic heterocycles. The van der Waals surface area contributed by atoms with Crippen LogP contribution in [0.3, 0.4) is 0 Å². The molecule has 0 bridgehead atoms. The number of aromatic amines is 1. The van der Waals surface area contributed by atoms with Gasteiger partial charge in [0.15, 0.2) is 0 Å². The zero-order chi connectivity index (χ0) is 17.2. The fourth-order valence-electron chi connectivity index (χ4n) is 4.01. The summed E-state index contributed by atoms with van der Waals surface area (Å²) in [6.07, 6.45) is 5.28. The summed E-state index contributed by atoms with van der Waals surface area (Å²) in [5.41, 5.74) is 0.598. The Labute approximate surface area is 146 Å². The molecule has 0 saturated carbocycles. The molecule has 0 radical (unpaired) electrons. The van der Waals surface area contributed by atoms with Gasteiger partial charge in [-0.15, -0.1) is 0 Å². The summed E-state index contributed by atoms with van der Waals surface area (Å²) in [7, 11) is 0. The minimum Gasteiger partial charge on any atom is -0.341 e. The van der Waals surface area contributed by atoms with Crippen LogP contribution in [-0.2, 0) is 11.3 Å². The number of likely N-dealkylation sites (tertiary alicyclic amines) is 2. The van der Waals surface area contributed by atoms with Crippen LogP contribution in [0, 0.1) is 0 Å². The van der Waals surface area contributed by atoms with Gasteiger partial charge >= 0.3 is 0 Å². The Kier molecular flexibility index (Phi) is 4.53. The van der Waals surface area contributed by atoms with Crippen molar-refractivity contribution in [3.63, 3.8) is 0 Å². The maximum atomic E-state index is 12.9. The first kappa shape index (κ1) is 16.3. The van der Waals surface area contributed by atoms with Crippen LogP contribution in [0.1, 0.15) is 37.9 Å². The second kappa shape index (κ2) is 6.96. The molecule has 6 nitrogen and oxygen atoms in total. The molecule has 132 valence electrons. The van der Waals surface area contributed by atoms with E-state index in [1.165, 1.54) is 0 Å². The van der Waals surface area contributed by atoms with Gasteiger partial charge in [-0.3, -0.25) is 14.5 Å². The van der Waals surface area contributed by atoms with Gasteiger partial charge in [-0.1, -0.05) is 18.6 Å². The number of nitrogens with one attached hydrogen (secondary N) is 1. The van der Waals surface area contributed by atoms with Crippen LogP contribution in [0.2, 0.25) is 0 Å². The standard InChI is InChI=1S/C19H24N4O2/c24-18-14-7-1-2-8-15(14)20-17(21-18)13-23-12-4-3-9-16(23)19(25)22-10-5-6-11-22/h1-2,7-8,16H,3-6,9-13H2,(H,20,21,24)/t16-/m0/s1. The first-order valence-corrected chi connectivity index (χ1v) is 9.23. The number of hydrogen-bond acceptors (Lipinski definition) is 4. The van der Waals surface area contributed by atoms with Crippen LogP contribution in [-0.4, -0.2) is 51.4 Å². The lowest BCUT2D eigenvalue weighted by Gasteiger charge is -2.36. The van der Waals surface area contributed by atoms with E-state index in [1.807, 2.05) is 23.1 Å². The third-order valence-electron chi connectivity index (χ3n) is 5.33. The first-order chi connectivity index (χ1) is 12.2. The zero-order valence-corrected chi connectivity index (χ0v) is 14.4. The summed E-state index contributed by atoms with van der Waals surface area (Å²) >= 11 is 0. The lowest BCUT2D eigenvalue weighted by Crippen LogP contribution is -2.50. The molecule has 2 fully saturated rings. The SMILES string of the molecule is O=C([C@@H]1CCCCN1Cc1nc2ccccc2c(=O)[nH]1)N1CCCC1. The van der Waals surface area contributed by atoms with Crippen molar-refractivity contribution >= 4 is 16.8 Å². The topological polar surface area (TPSA) is 69.3 Å². The van der Waals surface area contributed by atoms with Gasteiger partial charge in [-0.2, -0.15) is 0 Å². The Morgan fingerprint density at radius 3 is 2.72 bits per heavy atom. The van der Waals surface area contributed by atoms with Crippen LogP contribution in [0.5, 0.6) is 0 Å². The third-order valence-corrected chi connectivity index (χ3v) is 5.33. The van der Waals surface area contributed by atoms with Crippen LogP contribution in [0.15, 0.2) is 29.1 Å². The van der Waals surface area contributed by atoms with Crippen LogP contribution in [0.25, 0.3) is 10.9 Å². The van der Waals surface area contributed by atoms with Gasteiger partial charge in [0.2, 0.25) is 5.91 Å². The molecule has 6 heteroatoms. The molecule has 4 rings (SSSR count). The van der Waals surface area contributed by atoms with E-state index < -0.39 is 0 Å². The average Bonchev–Trinajstić information content (AvgIpc) is 3.16. The van der Waals surface area contributed by atoms with E-state index in [0.717, 1.165) is 51.7 Å². The number of piperidine rings is 1. The Bertz CT molecular complexity index is 826. The van der Waals surface area contributed by atoms with E-state index >= 15 is 0 Å². The van der Waals surface area contributed by atoms with Crippen molar-refractivity contribution in [3.05, 3.63) is 40.4 Å². The number of rotatable bonds is 3. The monoisotopic (exact) mass is 340 g/mol. The smallest absolute Gasteiger partial charge is 0.258 e. The molecule has 1 N–H and O–H groups in total. The third kappa shape index (κ3) is 3.31. The molecule has 25 heavy (non-hydrogen) atoms. The Hall–Kier alpha value is -2.21. The van der Waals surface area contributed by atoms with E-state index in [2.05, 4.69) is 14.9 Å². The van der Waals surface area contributed by atoms with E-state index in [0.29, 0.717) is 23.3 Å². The second-order valence-corrected chi connectivity index (χ2v) is 7.04. The summed E-state index contributed by atoms with van der Waals surface area (Å²) in [4.78, 5) is 36.8. The summed E-state index contributed by atoms with van der Waals surface area (Å²) in [6, 6.07) is 7.29. The molecule has 2 aliphatic rings. The lowest BCUT2D eigenvalue weighted by molar-refractivity contribution is -0.137. The van der Waals surface area contributed by atoms with Crippen molar-refractivity contribution < 1.29 is 4.79 Å². The number of hydrogen-bond donors (Lipinski definition) is 1. The number of para-hydroxylation sites is 1. The molecule has 0 aliphatic carbocycles. The first-order valence-electron chi connectivity index (χ1n) is 9.23. The summed E-state index contributed by atoms with van der Waals surface area (Å²) in [5.74, 6) is 0.894. The number of aromatic nitrogens is 2. The predicted octanol–water partition coefficient (Wildman–Crippen LogP) is 1.90. The van der Waals surface area contributed by atoms with Crippen LogP contribution in [0.4, 0.5) is 0 Å². The fraction of sp³-hybridized carbons (Fsp3) is 0.526. The number of carbonyl (C=O) groups excluding carboxylic acids is 1. The van der Waals surface area contributed by atoms with Crippen molar-refractivity contribution in [2.75, 3.05) is 19.6 Å². The molecule has 2 aliphatic heterocycles. The molecule has 2 aromatic rings. The van der Waals surface area contributed by atoms with E-state index in [4.69, 9.17) is 0 Å². The Morgan fingerprint density at radius 1 is 1.12 bits per heavy atom. The minimum atomic E-state index is -0.111. The minimum absolute atomic E-state index is 0.0800. The maximum absolute atomic E-state index is 12.9. The number of benzene rings is 1. The van der Waals surface area contributed by atoms with Gasteiger partial charge in [0.25, 0.3) is 5.56 Å². The molecule has 0 spiro atoms. The van der Waals surface area contributed by atoms with Crippen LogP contribution < -0.4 is 5.56 Å². The fourth-order valence-corrected chi connectivity index (χ4v) is 4.01. The number of H-pyrrole nitrogens is 1. The zero-order valence-electron chi connectivity index (χ0n) is 14.4. The number of fused-ring (bicyclic) bond motifs is 1. The maximum Gasteiger partial charge on any atom is 0.258 e. The van der Waals surface area contributed by atoms with Crippen molar-refractivity contribution in [2.24, 2.45) is 0 Å². The molecule has 2 saturated heterocycles. The molecule has 1 amide bonds. The molecule has 0 unspecified atom stereocenters. The Morgan fingerprint density at radius 2 is 1.88 bits per heavy atom. The summed E-state index contributed by atoms with van der Waals surface area (Å²) in [5, 5.41) is 0.606. The predicted molar refractivity (Wildman–Crippen MR) is 96.2 cm³/mol. The highest BCUT2D eigenvalue weighted by Gasteiger charge is 2.33. The highest BCUT2D eigenvalue weighted by Crippen LogP contribution is 2.22. The number of nitrogens with zero attached hydrogens (tertiary/aromatic N) is 3. The average molecular weight is 340 g/mol. The number of amides is 1. The van der Waals surface area contributed by atoms with E-state index in [-0.39, 0.29) is 17.5 Å². The van der Waals surface area contributed by atoms with Crippen molar-refractivity contribution in [1.82, 2.24) is 19.8 Å². The van der Waals surface area contributed by atoms with Crippen LogP contribution >= 0.6 is 0 Å². The molecular weight excluding hydrogens is 316 g/mol. The summed E-state index contributed by atoms with van der Waals surface area (Å²) in [6.45, 7) is 3.16. The molecule has 1 aromatic carbocycles. The van der Waals surface area contributed by atoms with E-state index in [9.17, 15) is 9.59 Å². The quantitative estimate of drug-likeness (QED) is 0.926. The van der Waals surface area contributed by atoms with Gasteiger partial charge < -0.3 is 9.88 Å². The van der Waals surface area contributed by atoms with Gasteiger partial charge in [0.05, 0.1) is 23.5 Å². The number of carbonyl (C=O) groups is 1. The highest BCUT2D eigenvalue weighted by molar-refractivity contribution is 5.82. The van der Waals surface area contributed by atoms with Crippen molar-refractivity contribution in [1.29, 1.82) is 0 Å². The van der Waals surface area contributed by atoms with Gasteiger partial charge in [-0.05, 0) is 44.4 Å². The van der Waals surface area contributed by atoms with Crippen molar-refractivity contribution in [3.8, 4) is 0 Å². The van der Waals surface area contributed by atoms with Gasteiger partial charge in [0.1, 0.15) is 5.82 Å². The Balaban J connectivity index is 1.57. The van der Waals surface area contributed by atoms with Gasteiger partial charge in [0, 0.05) is 13.1 Å². The molecule has 3 heterocycles. The largest absolute Gasteiger partial charge is 0.341 e. The van der Waals surface area contributed by atoms with Gasteiger partial charge in [-0.25, -0.2) is 4.98 Å². The van der Waals surface area contributed by atoms with E-state index in [1.54, 1.807) is 6.07 Å². The summed E-state index contributed by atoms with van der Waals surface area (Å²) < 4.78 is 0. The molecular formula is C19H24N4O2. The molecule has 1 atom stereocenters. The second-order valence-electron chi connectivity index (χ2n) is 7.04. The normalized spacial score (nSPS) is 21.8.